The van der Waals surface area contributed by atoms with E-state index >= 15 is 0 Å². The molecule has 0 radical (unpaired) electrons. The number of nitrogens with one attached hydrogen (secondary N) is 4. The van der Waals surface area contributed by atoms with E-state index in [-0.39, 0.29) is 0 Å². The number of anilines is 2. The van der Waals surface area contributed by atoms with Gasteiger partial charge in [-0.25, -0.2) is 22.9 Å². The lowest BCUT2D eigenvalue weighted by atomic mass is 9.82. The molecule has 5 rings (SSSR count). The van der Waals surface area contributed by atoms with Crippen molar-refractivity contribution >= 4 is 49.6 Å². The van der Waals surface area contributed by atoms with Gasteiger partial charge in [0.1, 0.15) is 11.4 Å². The van der Waals surface area contributed by atoms with Gasteiger partial charge in [0.2, 0.25) is 16.0 Å². The van der Waals surface area contributed by atoms with Crippen LogP contribution in [0.5, 0.6) is 0 Å². The third-order valence-electron chi connectivity index (χ3n) is 7.81. The highest BCUT2D eigenvalue weighted by Gasteiger charge is 2.24. The fourth-order valence-corrected chi connectivity index (χ4v) is 6.90. The first-order valence-electron chi connectivity index (χ1n) is 15.3. The fraction of sp³-hybridized carbons (Fsp3) is 0.424. The molecule has 0 aliphatic heterocycles. The summed E-state index contributed by atoms with van der Waals surface area (Å²) in [5.74, 6) is 2.01. The summed E-state index contributed by atoms with van der Waals surface area (Å²) in [6.45, 7) is 7.54. The van der Waals surface area contributed by atoms with Crippen LogP contribution in [-0.2, 0) is 14.8 Å². The van der Waals surface area contributed by atoms with Crippen LogP contribution in [0.2, 0.25) is 0 Å². The Morgan fingerprint density at radius 1 is 0.818 bits per heavy atom. The molecule has 1 aliphatic carbocycles. The quantitative estimate of drug-likeness (QED) is 0.152. The zero-order valence-corrected chi connectivity index (χ0v) is 26.4. The van der Waals surface area contributed by atoms with E-state index in [9.17, 15) is 13.2 Å². The second kappa shape index (κ2) is 13.8. The molecule has 234 valence electrons. The average molecular weight is 619 g/mol. The molecule has 0 unspecified atom stereocenters. The number of sulfonamides is 1. The first-order valence-corrected chi connectivity index (χ1v) is 16.7. The maximum atomic E-state index is 13.1. The van der Waals surface area contributed by atoms with Crippen LogP contribution in [0.4, 0.5) is 16.6 Å². The van der Waals surface area contributed by atoms with Crippen LogP contribution in [-0.4, -0.2) is 56.3 Å². The molecular formula is C33H42N6O4S. The summed E-state index contributed by atoms with van der Waals surface area (Å²) in [7, 11) is -3.60. The normalized spacial score (nSPS) is 17.3. The van der Waals surface area contributed by atoms with Gasteiger partial charge in [0, 0.05) is 37.0 Å². The van der Waals surface area contributed by atoms with Crippen molar-refractivity contribution in [1.29, 1.82) is 0 Å². The predicted octanol–water partition coefficient (Wildman–Crippen LogP) is 5.92. The van der Waals surface area contributed by atoms with Gasteiger partial charge in [-0.1, -0.05) is 48.5 Å². The van der Waals surface area contributed by atoms with Crippen molar-refractivity contribution in [2.24, 2.45) is 11.8 Å². The number of hydrogen-bond acceptors (Lipinski definition) is 8. The fourth-order valence-electron chi connectivity index (χ4n) is 5.56. The highest BCUT2D eigenvalue weighted by atomic mass is 32.2. The van der Waals surface area contributed by atoms with Crippen molar-refractivity contribution in [2.45, 2.75) is 57.0 Å². The zero-order chi connectivity index (χ0) is 31.2. The zero-order valence-electron chi connectivity index (χ0n) is 25.6. The molecule has 4 N–H and O–H groups in total. The van der Waals surface area contributed by atoms with Gasteiger partial charge >= 0.3 is 6.09 Å². The molecule has 11 heteroatoms. The number of fused-ring (bicyclic) bond motifs is 2. The van der Waals surface area contributed by atoms with E-state index < -0.39 is 21.7 Å². The Labute approximate surface area is 259 Å². The summed E-state index contributed by atoms with van der Waals surface area (Å²) in [5.41, 5.74) is 0.283. The number of carbonyl (C=O) groups is 1. The lowest BCUT2D eigenvalue weighted by molar-refractivity contribution is 0.0530. The lowest BCUT2D eigenvalue weighted by Gasteiger charge is -2.28. The maximum absolute atomic E-state index is 13.1. The number of nitrogens with zero attached hydrogens (tertiary/aromatic N) is 2. The van der Waals surface area contributed by atoms with E-state index in [1.807, 2.05) is 75.4 Å². The number of alkyl carbamates (subject to hydrolysis) is 1. The molecule has 0 spiro atoms. The third-order valence-corrected chi connectivity index (χ3v) is 9.29. The molecule has 10 nitrogen and oxygen atoms in total. The van der Waals surface area contributed by atoms with Crippen LogP contribution in [0.25, 0.3) is 21.7 Å². The number of benzene rings is 3. The van der Waals surface area contributed by atoms with E-state index in [2.05, 4.69) is 20.7 Å². The Kier molecular flexibility index (Phi) is 9.85. The van der Waals surface area contributed by atoms with E-state index in [1.54, 1.807) is 12.1 Å². The summed E-state index contributed by atoms with van der Waals surface area (Å²) >= 11 is 0. The topological polar surface area (TPSA) is 134 Å². The van der Waals surface area contributed by atoms with Crippen molar-refractivity contribution in [3.8, 4) is 0 Å². The number of ether oxygens (including phenoxy) is 1. The molecule has 1 fully saturated rings. The van der Waals surface area contributed by atoms with Crippen molar-refractivity contribution < 1.29 is 17.9 Å². The highest BCUT2D eigenvalue weighted by molar-refractivity contribution is 7.89. The molecule has 1 aromatic heterocycles. The SMILES string of the molecule is CC(C)(C)OC(=O)NCCNc1nc(NC[C@H]2CC[C@H](CNS(=O)(=O)c3cccc4ccccc34)CC2)nc2ccccc12. The third kappa shape index (κ3) is 8.35. The van der Waals surface area contributed by atoms with Gasteiger partial charge in [-0.15, -0.1) is 0 Å². The molecule has 0 atom stereocenters. The summed E-state index contributed by atoms with van der Waals surface area (Å²) in [5, 5.41) is 12.1. The van der Waals surface area contributed by atoms with Crippen LogP contribution in [0.3, 0.4) is 0 Å². The summed E-state index contributed by atoms with van der Waals surface area (Å²) in [6, 6.07) is 20.8. The molecule has 44 heavy (non-hydrogen) atoms. The Hall–Kier alpha value is -3.96. The van der Waals surface area contributed by atoms with Gasteiger partial charge in [0.05, 0.1) is 10.4 Å². The molecule has 0 bridgehead atoms. The maximum Gasteiger partial charge on any atom is 0.407 e. The Bertz CT molecular complexity index is 1690. The van der Waals surface area contributed by atoms with Crippen molar-refractivity contribution in [3.63, 3.8) is 0 Å². The number of hydrogen-bond donors (Lipinski definition) is 4. The largest absolute Gasteiger partial charge is 0.444 e. The van der Waals surface area contributed by atoms with Crippen LogP contribution in [0.1, 0.15) is 46.5 Å². The molecule has 1 amide bonds. The Morgan fingerprint density at radius 3 is 2.23 bits per heavy atom. The van der Waals surface area contributed by atoms with Crippen molar-refractivity contribution in [1.82, 2.24) is 20.0 Å². The lowest BCUT2D eigenvalue weighted by Crippen LogP contribution is -2.35. The second-order valence-electron chi connectivity index (χ2n) is 12.4. The summed E-state index contributed by atoms with van der Waals surface area (Å²) < 4.78 is 34.4. The van der Waals surface area contributed by atoms with Crippen molar-refractivity contribution in [3.05, 3.63) is 66.7 Å². The first kappa shape index (κ1) is 31.5. The molecule has 3 aromatic carbocycles. The van der Waals surface area contributed by atoms with Gasteiger partial charge < -0.3 is 20.7 Å². The second-order valence-corrected chi connectivity index (χ2v) is 14.1. The number of rotatable bonds is 11. The van der Waals surface area contributed by atoms with Gasteiger partial charge in [0.15, 0.2) is 0 Å². The van der Waals surface area contributed by atoms with E-state index in [0.717, 1.165) is 53.9 Å². The minimum atomic E-state index is -3.60. The van der Waals surface area contributed by atoms with Crippen LogP contribution < -0.4 is 20.7 Å². The minimum absolute atomic E-state index is 0.304. The van der Waals surface area contributed by atoms with Crippen molar-refractivity contribution in [2.75, 3.05) is 36.8 Å². The van der Waals surface area contributed by atoms with Gasteiger partial charge in [-0.05, 0) is 81.9 Å². The number of para-hydroxylation sites is 1. The number of carbonyl (C=O) groups excluding carboxylic acids is 1. The standard InChI is InChI=1S/C33H42N6O4S/c1-33(2,3)43-32(40)35-20-19-34-30-27-12-6-7-13-28(27)38-31(39-30)36-21-23-15-17-24(18-16-23)22-37-44(41,42)29-14-8-10-25-9-4-5-11-26(25)29/h4-14,23-24,37H,15-22H2,1-3H3,(H,35,40)(H2,34,36,38,39)/t23-,24-. The van der Waals surface area contributed by atoms with Gasteiger partial charge in [0.25, 0.3) is 0 Å². The molecule has 4 aromatic rings. The van der Waals surface area contributed by atoms with E-state index in [4.69, 9.17) is 14.7 Å². The molecular weight excluding hydrogens is 576 g/mol. The smallest absolute Gasteiger partial charge is 0.407 e. The molecule has 1 aliphatic rings. The summed E-state index contributed by atoms with van der Waals surface area (Å²) in [4.78, 5) is 21.7. The number of amides is 1. The Morgan fingerprint density at radius 2 is 1.48 bits per heavy atom. The number of aromatic nitrogens is 2. The first-order chi connectivity index (χ1) is 21.1. The Balaban J connectivity index is 1.11. The van der Waals surface area contributed by atoms with Crippen LogP contribution in [0, 0.1) is 11.8 Å². The average Bonchev–Trinajstić information content (AvgIpc) is 3.00. The monoisotopic (exact) mass is 618 g/mol. The van der Waals surface area contributed by atoms with E-state index in [1.165, 1.54) is 0 Å². The molecule has 0 saturated heterocycles. The van der Waals surface area contributed by atoms with Gasteiger partial charge in [-0.3, -0.25) is 0 Å². The van der Waals surface area contributed by atoms with Crippen LogP contribution in [0.15, 0.2) is 71.6 Å². The highest BCUT2D eigenvalue weighted by Crippen LogP contribution is 2.30. The van der Waals surface area contributed by atoms with Crippen LogP contribution >= 0.6 is 0 Å². The minimum Gasteiger partial charge on any atom is -0.444 e. The molecule has 1 saturated carbocycles. The predicted molar refractivity (Wildman–Crippen MR) is 175 cm³/mol. The molecule has 1 heterocycles. The van der Waals surface area contributed by atoms with E-state index in [0.29, 0.717) is 48.1 Å². The van der Waals surface area contributed by atoms with Gasteiger partial charge in [-0.2, -0.15) is 4.98 Å². The summed E-state index contributed by atoms with van der Waals surface area (Å²) in [6.07, 6.45) is 3.47.